The summed E-state index contributed by atoms with van der Waals surface area (Å²) in [5.74, 6) is 1.48. The molecule has 1 fully saturated rings. The van der Waals surface area contributed by atoms with Gasteiger partial charge in [-0.25, -0.2) is 0 Å². The maximum Gasteiger partial charge on any atom is 0.314 e. The second-order valence-electron chi connectivity index (χ2n) is 5.19. The third-order valence-corrected chi connectivity index (χ3v) is 3.59. The lowest BCUT2D eigenvalue weighted by Crippen LogP contribution is -2.24. The van der Waals surface area contributed by atoms with Gasteiger partial charge in [-0.05, 0) is 50.7 Å². The average Bonchev–Trinajstić information content (AvgIpc) is 2.44. The lowest BCUT2D eigenvalue weighted by molar-refractivity contribution is -0.140. The minimum absolute atomic E-state index is 0.0549. The predicted molar refractivity (Wildman–Crippen MR) is 79.3 cm³/mol. The summed E-state index contributed by atoms with van der Waals surface area (Å²) < 4.78 is 5.41. The molecule has 1 saturated carbocycles. The summed E-state index contributed by atoms with van der Waals surface area (Å²) in [7, 11) is 0. The van der Waals surface area contributed by atoms with Crippen molar-refractivity contribution in [1.29, 1.82) is 0 Å². The Bertz CT molecular complexity index is 373. The Balaban J connectivity index is 0.000000861. The molecule has 0 aliphatic heterocycles. The van der Waals surface area contributed by atoms with Gasteiger partial charge in [0.2, 0.25) is 0 Å². The minimum atomic E-state index is -0.0549. The molecule has 1 aliphatic rings. The van der Waals surface area contributed by atoms with E-state index in [9.17, 15) is 4.79 Å². The Kier molecular flexibility index (Phi) is 6.61. The number of aryl methyl sites for hydroxylation is 1. The molecule has 0 unspecified atom stereocenters. The highest BCUT2D eigenvalue weighted by atomic mass is 16.5. The van der Waals surface area contributed by atoms with Crippen LogP contribution in [0.4, 0.5) is 0 Å². The van der Waals surface area contributed by atoms with Crippen molar-refractivity contribution in [3.8, 4) is 5.75 Å². The van der Waals surface area contributed by atoms with Gasteiger partial charge in [0.25, 0.3) is 0 Å². The van der Waals surface area contributed by atoms with E-state index in [1.165, 1.54) is 5.56 Å². The molecule has 0 spiro atoms. The van der Waals surface area contributed by atoms with E-state index in [1.54, 1.807) is 0 Å². The predicted octanol–water partition coefficient (Wildman–Crippen LogP) is 4.75. The standard InChI is InChI=1S/C15H20O2.C2H6/c1-11-3-7-13(8-4-11)15(16)17-14-9-5-12(2)6-10-14;1-2/h5-6,9-11,13H,3-4,7-8H2,1-2H3;1-2H3. The van der Waals surface area contributed by atoms with Gasteiger partial charge >= 0.3 is 5.97 Å². The van der Waals surface area contributed by atoms with Crippen LogP contribution in [0, 0.1) is 18.8 Å². The van der Waals surface area contributed by atoms with E-state index in [0.29, 0.717) is 5.75 Å². The van der Waals surface area contributed by atoms with Crippen LogP contribution in [0.5, 0.6) is 5.75 Å². The third-order valence-electron chi connectivity index (χ3n) is 3.59. The summed E-state index contributed by atoms with van der Waals surface area (Å²) in [5.41, 5.74) is 1.18. The van der Waals surface area contributed by atoms with Crippen molar-refractivity contribution in [3.05, 3.63) is 29.8 Å². The van der Waals surface area contributed by atoms with Crippen LogP contribution < -0.4 is 4.74 Å². The number of hydrogen-bond donors (Lipinski definition) is 0. The van der Waals surface area contributed by atoms with Gasteiger partial charge in [-0.2, -0.15) is 0 Å². The monoisotopic (exact) mass is 262 g/mol. The summed E-state index contributed by atoms with van der Waals surface area (Å²) >= 11 is 0. The first-order chi connectivity index (χ1) is 9.15. The SMILES string of the molecule is CC.Cc1ccc(OC(=O)C2CCC(C)CC2)cc1. The first-order valence-corrected chi connectivity index (χ1v) is 7.43. The molecule has 0 aromatic heterocycles. The molecule has 0 saturated heterocycles. The summed E-state index contributed by atoms with van der Waals surface area (Å²) in [5, 5.41) is 0. The van der Waals surface area contributed by atoms with Gasteiger partial charge in [-0.3, -0.25) is 4.79 Å². The summed E-state index contributed by atoms with van der Waals surface area (Å²) in [6.07, 6.45) is 4.25. The second kappa shape index (κ2) is 7.98. The fourth-order valence-corrected chi connectivity index (χ4v) is 2.30. The Labute approximate surface area is 117 Å². The molecule has 1 aromatic rings. The van der Waals surface area contributed by atoms with Crippen LogP contribution in [0.15, 0.2) is 24.3 Å². The Morgan fingerprint density at radius 1 is 1.05 bits per heavy atom. The first-order valence-electron chi connectivity index (χ1n) is 7.43. The van der Waals surface area contributed by atoms with Gasteiger partial charge in [0.05, 0.1) is 5.92 Å². The highest BCUT2D eigenvalue weighted by Gasteiger charge is 2.25. The number of ether oxygens (including phenoxy) is 1. The number of carbonyl (C=O) groups is 1. The van der Waals surface area contributed by atoms with Gasteiger partial charge in [0.1, 0.15) is 5.75 Å². The Morgan fingerprint density at radius 3 is 2.11 bits per heavy atom. The van der Waals surface area contributed by atoms with E-state index >= 15 is 0 Å². The van der Waals surface area contributed by atoms with Gasteiger partial charge < -0.3 is 4.74 Å². The molecule has 0 heterocycles. The smallest absolute Gasteiger partial charge is 0.314 e. The molecule has 2 nitrogen and oxygen atoms in total. The fourth-order valence-electron chi connectivity index (χ4n) is 2.30. The molecule has 0 bridgehead atoms. The van der Waals surface area contributed by atoms with Crippen molar-refractivity contribution in [2.24, 2.45) is 11.8 Å². The van der Waals surface area contributed by atoms with Crippen LogP contribution in [0.25, 0.3) is 0 Å². The molecular weight excluding hydrogens is 236 g/mol. The van der Waals surface area contributed by atoms with E-state index in [0.717, 1.165) is 31.6 Å². The fraction of sp³-hybridized carbons (Fsp3) is 0.588. The highest BCUT2D eigenvalue weighted by Crippen LogP contribution is 2.29. The van der Waals surface area contributed by atoms with Crippen LogP contribution in [-0.2, 0) is 4.79 Å². The molecular formula is C17H26O2. The van der Waals surface area contributed by atoms with Gasteiger partial charge in [0, 0.05) is 0 Å². The van der Waals surface area contributed by atoms with E-state index in [2.05, 4.69) is 6.92 Å². The normalized spacial score (nSPS) is 22.1. The first kappa shape index (κ1) is 15.7. The zero-order valence-corrected chi connectivity index (χ0v) is 12.6. The molecule has 19 heavy (non-hydrogen) atoms. The van der Waals surface area contributed by atoms with Crippen LogP contribution in [0.1, 0.15) is 52.0 Å². The molecule has 2 heteroatoms. The molecule has 1 aliphatic carbocycles. The maximum absolute atomic E-state index is 11.9. The molecule has 0 amide bonds. The van der Waals surface area contributed by atoms with Crippen molar-refractivity contribution in [3.63, 3.8) is 0 Å². The number of hydrogen-bond acceptors (Lipinski definition) is 2. The van der Waals surface area contributed by atoms with Crippen LogP contribution in [-0.4, -0.2) is 5.97 Å². The number of benzene rings is 1. The quantitative estimate of drug-likeness (QED) is 0.567. The molecule has 0 N–H and O–H groups in total. The summed E-state index contributed by atoms with van der Waals surface area (Å²) in [6, 6.07) is 7.65. The van der Waals surface area contributed by atoms with Gasteiger partial charge in [-0.15, -0.1) is 0 Å². The average molecular weight is 262 g/mol. The maximum atomic E-state index is 11.9. The van der Waals surface area contributed by atoms with E-state index in [4.69, 9.17) is 4.74 Å². The van der Waals surface area contributed by atoms with E-state index in [-0.39, 0.29) is 11.9 Å². The lowest BCUT2D eigenvalue weighted by Gasteiger charge is -2.24. The van der Waals surface area contributed by atoms with Crippen molar-refractivity contribution in [1.82, 2.24) is 0 Å². The summed E-state index contributed by atoms with van der Waals surface area (Å²) in [4.78, 5) is 11.9. The molecule has 2 rings (SSSR count). The van der Waals surface area contributed by atoms with Crippen molar-refractivity contribution in [2.75, 3.05) is 0 Å². The van der Waals surface area contributed by atoms with Gasteiger partial charge in [-0.1, -0.05) is 38.5 Å². The lowest BCUT2D eigenvalue weighted by atomic mass is 9.83. The topological polar surface area (TPSA) is 26.3 Å². The van der Waals surface area contributed by atoms with E-state index in [1.807, 2.05) is 45.0 Å². The van der Waals surface area contributed by atoms with Crippen molar-refractivity contribution < 1.29 is 9.53 Å². The number of carbonyl (C=O) groups excluding carboxylic acids is 1. The van der Waals surface area contributed by atoms with Crippen molar-refractivity contribution >= 4 is 5.97 Å². The van der Waals surface area contributed by atoms with Crippen LogP contribution in [0.3, 0.4) is 0 Å². The zero-order chi connectivity index (χ0) is 14.3. The number of rotatable bonds is 2. The van der Waals surface area contributed by atoms with Crippen LogP contribution in [0.2, 0.25) is 0 Å². The van der Waals surface area contributed by atoms with Gasteiger partial charge in [0.15, 0.2) is 0 Å². The number of esters is 1. The van der Waals surface area contributed by atoms with E-state index < -0.39 is 0 Å². The Morgan fingerprint density at radius 2 is 1.58 bits per heavy atom. The Hall–Kier alpha value is -1.31. The highest BCUT2D eigenvalue weighted by molar-refractivity contribution is 5.75. The van der Waals surface area contributed by atoms with Crippen LogP contribution >= 0.6 is 0 Å². The largest absolute Gasteiger partial charge is 0.426 e. The third kappa shape index (κ3) is 5.06. The molecule has 106 valence electrons. The zero-order valence-electron chi connectivity index (χ0n) is 12.6. The molecule has 0 atom stereocenters. The molecule has 1 aromatic carbocycles. The second-order valence-corrected chi connectivity index (χ2v) is 5.19. The molecule has 0 radical (unpaired) electrons. The minimum Gasteiger partial charge on any atom is -0.426 e. The van der Waals surface area contributed by atoms with Crippen molar-refractivity contribution in [2.45, 2.75) is 53.4 Å². The summed E-state index contributed by atoms with van der Waals surface area (Å²) in [6.45, 7) is 8.27.